The highest BCUT2D eigenvalue weighted by Gasteiger charge is 2.53. The lowest BCUT2D eigenvalue weighted by Crippen LogP contribution is -2.63. The summed E-state index contributed by atoms with van der Waals surface area (Å²) in [5.74, 6) is 1.28. The van der Waals surface area contributed by atoms with Crippen molar-refractivity contribution in [2.75, 3.05) is 46.4 Å². The van der Waals surface area contributed by atoms with Crippen LogP contribution in [0.4, 0.5) is 10.7 Å². The zero-order valence-electron chi connectivity index (χ0n) is 17.1. The van der Waals surface area contributed by atoms with Crippen molar-refractivity contribution in [1.82, 2.24) is 19.3 Å². The highest BCUT2D eigenvalue weighted by Crippen LogP contribution is 2.29. The number of aromatic nitrogens is 2. The number of imidazole rings is 1. The lowest BCUT2D eigenvalue weighted by atomic mass is 10.1. The second-order valence-electron chi connectivity index (χ2n) is 8.14. The first kappa shape index (κ1) is 19.1. The first-order valence-electron chi connectivity index (χ1n) is 9.97. The number of hydrogen-bond donors (Lipinski definition) is 0. The molecule has 4 heterocycles. The van der Waals surface area contributed by atoms with Crippen molar-refractivity contribution in [3.63, 3.8) is 0 Å². The molecule has 0 radical (unpaired) electrons. The standard InChI is InChI=1S/C19H29N6O3/c1-13(2)11-25-17(26)15-16(21(4)19(25)27)20-18-23(14(3)12-24(15)18)6-5-22-7-9-28-10-8-22/h12-13,15H,5-11H2,1-4H3/q+1. The number of aliphatic imine (C=N–C) groups is 1. The van der Waals surface area contributed by atoms with Gasteiger partial charge in [-0.3, -0.25) is 19.5 Å². The Balaban J connectivity index is 1.61. The molecule has 1 unspecified atom stereocenters. The number of rotatable bonds is 5. The molecule has 28 heavy (non-hydrogen) atoms. The minimum absolute atomic E-state index is 0.190. The number of morpholine rings is 1. The van der Waals surface area contributed by atoms with Gasteiger partial charge >= 0.3 is 12.0 Å². The number of imide groups is 1. The van der Waals surface area contributed by atoms with Crippen molar-refractivity contribution in [2.24, 2.45) is 10.9 Å². The van der Waals surface area contributed by atoms with E-state index in [0.717, 1.165) is 51.0 Å². The quantitative estimate of drug-likeness (QED) is 0.690. The van der Waals surface area contributed by atoms with Gasteiger partial charge in [0.1, 0.15) is 11.9 Å². The fourth-order valence-corrected chi connectivity index (χ4v) is 4.11. The molecule has 0 bridgehead atoms. The predicted octanol–water partition coefficient (Wildman–Crippen LogP) is 0.551. The fourth-order valence-electron chi connectivity index (χ4n) is 4.11. The number of hydrogen-bond acceptors (Lipinski definition) is 5. The minimum Gasteiger partial charge on any atom is -0.379 e. The third kappa shape index (κ3) is 3.12. The molecule has 1 aromatic rings. The molecule has 0 N–H and O–H groups in total. The summed E-state index contributed by atoms with van der Waals surface area (Å²) in [4.78, 5) is 35.8. The summed E-state index contributed by atoms with van der Waals surface area (Å²) in [6.45, 7) is 11.6. The van der Waals surface area contributed by atoms with E-state index in [4.69, 9.17) is 9.73 Å². The molecule has 1 aromatic heterocycles. The lowest BCUT2D eigenvalue weighted by molar-refractivity contribution is -0.677. The van der Waals surface area contributed by atoms with Gasteiger partial charge in [-0.25, -0.2) is 13.9 Å². The van der Waals surface area contributed by atoms with Crippen LogP contribution < -0.4 is 4.57 Å². The van der Waals surface area contributed by atoms with E-state index in [1.165, 1.54) is 9.80 Å². The second-order valence-corrected chi connectivity index (χ2v) is 8.14. The van der Waals surface area contributed by atoms with Crippen LogP contribution in [0.25, 0.3) is 0 Å². The van der Waals surface area contributed by atoms with E-state index in [9.17, 15) is 9.59 Å². The number of urea groups is 1. The molecule has 9 nitrogen and oxygen atoms in total. The molecule has 0 saturated carbocycles. The maximum atomic E-state index is 13.1. The topological polar surface area (TPSA) is 74.3 Å². The van der Waals surface area contributed by atoms with Crippen LogP contribution in [-0.4, -0.2) is 83.5 Å². The first-order valence-corrected chi connectivity index (χ1v) is 9.97. The molecular formula is C19H29N6O3+. The molecule has 0 spiro atoms. The monoisotopic (exact) mass is 389 g/mol. The molecule has 3 aliphatic heterocycles. The smallest absolute Gasteiger partial charge is 0.379 e. The van der Waals surface area contributed by atoms with E-state index in [1.54, 1.807) is 7.05 Å². The minimum atomic E-state index is -0.556. The van der Waals surface area contributed by atoms with Crippen LogP contribution in [0.2, 0.25) is 0 Å². The van der Waals surface area contributed by atoms with Crippen LogP contribution in [0.1, 0.15) is 25.6 Å². The zero-order chi connectivity index (χ0) is 20.0. The molecule has 3 amide bonds. The second kappa shape index (κ2) is 7.29. The number of amides is 3. The lowest BCUT2D eigenvalue weighted by Gasteiger charge is -2.33. The van der Waals surface area contributed by atoms with E-state index in [0.29, 0.717) is 12.4 Å². The molecule has 3 aliphatic rings. The normalized spacial score (nSPS) is 22.8. The SMILES string of the molecule is Cc1c[n+]2c(n1CCN1CCOCC1)N=C1C2C(=O)N(CC(C)C)C(=O)N1C. The van der Waals surface area contributed by atoms with Gasteiger partial charge < -0.3 is 4.74 Å². The van der Waals surface area contributed by atoms with Gasteiger partial charge in [-0.2, -0.15) is 0 Å². The Morgan fingerprint density at radius 1 is 1.25 bits per heavy atom. The number of aryl methyl sites for hydroxylation is 1. The molecule has 2 fully saturated rings. The van der Waals surface area contributed by atoms with Gasteiger partial charge in [-0.15, -0.1) is 0 Å². The molecule has 9 heteroatoms. The van der Waals surface area contributed by atoms with Crippen molar-refractivity contribution in [1.29, 1.82) is 0 Å². The van der Waals surface area contributed by atoms with Crippen LogP contribution in [0.5, 0.6) is 0 Å². The summed E-state index contributed by atoms with van der Waals surface area (Å²) in [6.07, 6.45) is 1.98. The molecular weight excluding hydrogens is 360 g/mol. The van der Waals surface area contributed by atoms with Crippen LogP contribution in [0.15, 0.2) is 11.2 Å². The van der Waals surface area contributed by atoms with Crippen molar-refractivity contribution < 1.29 is 18.9 Å². The Morgan fingerprint density at radius 3 is 2.64 bits per heavy atom. The van der Waals surface area contributed by atoms with E-state index in [2.05, 4.69) is 9.47 Å². The maximum Gasteiger partial charge on any atom is 0.401 e. The maximum absolute atomic E-state index is 13.1. The number of ether oxygens (including phenoxy) is 1. The van der Waals surface area contributed by atoms with Gasteiger partial charge in [-0.05, 0) is 12.8 Å². The van der Waals surface area contributed by atoms with Gasteiger partial charge in [-0.1, -0.05) is 18.8 Å². The van der Waals surface area contributed by atoms with E-state index in [-0.39, 0.29) is 17.9 Å². The Hall–Kier alpha value is -2.26. The Bertz CT molecular complexity index is 824. The van der Waals surface area contributed by atoms with Crippen LogP contribution in [0, 0.1) is 12.8 Å². The van der Waals surface area contributed by atoms with Gasteiger partial charge in [0.15, 0.2) is 0 Å². The van der Waals surface area contributed by atoms with Crippen molar-refractivity contribution in [2.45, 2.75) is 33.4 Å². The summed E-state index contributed by atoms with van der Waals surface area (Å²) in [5, 5.41) is 0. The van der Waals surface area contributed by atoms with Crippen LogP contribution >= 0.6 is 0 Å². The number of carbonyl (C=O) groups excluding carboxylic acids is 2. The van der Waals surface area contributed by atoms with Crippen molar-refractivity contribution in [3.05, 3.63) is 11.9 Å². The Labute approximate surface area is 165 Å². The fraction of sp³-hybridized carbons (Fsp3) is 0.684. The number of nitrogens with zero attached hydrogens (tertiary/aromatic N) is 6. The van der Waals surface area contributed by atoms with Crippen molar-refractivity contribution in [3.8, 4) is 0 Å². The predicted molar refractivity (Wildman–Crippen MR) is 102 cm³/mol. The van der Waals surface area contributed by atoms with E-state index >= 15 is 0 Å². The third-order valence-electron chi connectivity index (χ3n) is 5.61. The van der Waals surface area contributed by atoms with E-state index in [1.807, 2.05) is 31.5 Å². The highest BCUT2D eigenvalue weighted by atomic mass is 16.5. The van der Waals surface area contributed by atoms with Gasteiger partial charge in [0.25, 0.3) is 5.91 Å². The average Bonchev–Trinajstić information content (AvgIpc) is 3.17. The van der Waals surface area contributed by atoms with Gasteiger partial charge in [0.2, 0.25) is 11.9 Å². The number of carbonyl (C=O) groups is 2. The average molecular weight is 389 g/mol. The molecule has 2 saturated heterocycles. The molecule has 152 valence electrons. The molecule has 0 aromatic carbocycles. The highest BCUT2D eigenvalue weighted by molar-refractivity contribution is 6.19. The first-order chi connectivity index (χ1) is 13.4. The third-order valence-corrected chi connectivity index (χ3v) is 5.61. The van der Waals surface area contributed by atoms with Crippen molar-refractivity contribution >= 4 is 23.7 Å². The number of amidine groups is 1. The molecule has 1 atom stereocenters. The Morgan fingerprint density at radius 2 is 1.96 bits per heavy atom. The Kier molecular flexibility index (Phi) is 4.96. The van der Waals surface area contributed by atoms with Gasteiger partial charge in [0, 0.05) is 33.2 Å². The van der Waals surface area contributed by atoms with E-state index < -0.39 is 6.04 Å². The molecule has 4 rings (SSSR count). The zero-order valence-corrected chi connectivity index (χ0v) is 17.1. The van der Waals surface area contributed by atoms with Crippen LogP contribution in [-0.2, 0) is 16.1 Å². The number of likely N-dealkylation sites (N-methyl/N-ethyl adjacent to an activating group) is 1. The summed E-state index contributed by atoms with van der Waals surface area (Å²) in [6, 6.07) is -0.851. The van der Waals surface area contributed by atoms with Crippen LogP contribution in [0.3, 0.4) is 0 Å². The summed E-state index contributed by atoms with van der Waals surface area (Å²) >= 11 is 0. The summed E-state index contributed by atoms with van der Waals surface area (Å²) in [5.41, 5.74) is 1.06. The molecule has 0 aliphatic carbocycles. The number of fused-ring (bicyclic) bond motifs is 3. The largest absolute Gasteiger partial charge is 0.401 e. The summed E-state index contributed by atoms with van der Waals surface area (Å²) in [7, 11) is 1.70. The summed E-state index contributed by atoms with van der Waals surface area (Å²) < 4.78 is 9.47. The van der Waals surface area contributed by atoms with Gasteiger partial charge in [0.05, 0.1) is 19.8 Å².